The predicted molar refractivity (Wildman–Crippen MR) is 47.2 cm³/mol. The normalized spacial score (nSPS) is 44.2. The summed E-state index contributed by atoms with van der Waals surface area (Å²) in [5, 5.41) is 18.4. The molecule has 0 saturated heterocycles. The molecule has 2 rings (SSSR count). The van der Waals surface area contributed by atoms with E-state index in [-0.39, 0.29) is 0 Å². The summed E-state index contributed by atoms with van der Waals surface area (Å²) in [5.74, 6) is 0.588. The number of carbonyl (C=O) groups is 1. The van der Waals surface area contributed by atoms with Crippen LogP contribution in [0.25, 0.3) is 0 Å². The first-order valence-electron chi connectivity index (χ1n) is 4.95. The van der Waals surface area contributed by atoms with Crippen LogP contribution >= 0.6 is 0 Å². The maximum absolute atomic E-state index is 11.1. The van der Waals surface area contributed by atoms with E-state index in [4.69, 9.17) is 5.11 Å². The number of carboxylic acid groups (broad SMARTS) is 1. The topological polar surface area (TPSA) is 57.5 Å². The van der Waals surface area contributed by atoms with Crippen LogP contribution in [-0.4, -0.2) is 22.3 Å². The van der Waals surface area contributed by atoms with Gasteiger partial charge in [0, 0.05) is 0 Å². The van der Waals surface area contributed by atoms with Gasteiger partial charge in [-0.1, -0.05) is 0 Å². The van der Waals surface area contributed by atoms with Crippen molar-refractivity contribution in [2.45, 2.75) is 38.7 Å². The van der Waals surface area contributed by atoms with Gasteiger partial charge in [0.1, 0.15) is 0 Å². The average Bonchev–Trinajstić information content (AvgIpc) is 2.58. The lowest BCUT2D eigenvalue weighted by molar-refractivity contribution is -0.151. The van der Waals surface area contributed by atoms with E-state index in [1.165, 1.54) is 6.42 Å². The number of rotatable bonds is 3. The Bertz CT molecular complexity index is 224. The van der Waals surface area contributed by atoms with Crippen molar-refractivity contribution in [2.75, 3.05) is 0 Å². The Balaban J connectivity index is 2.08. The molecule has 3 atom stereocenters. The quantitative estimate of drug-likeness (QED) is 0.694. The lowest BCUT2D eigenvalue weighted by Crippen LogP contribution is -2.32. The van der Waals surface area contributed by atoms with Crippen molar-refractivity contribution in [3.05, 3.63) is 0 Å². The van der Waals surface area contributed by atoms with E-state index in [9.17, 15) is 9.90 Å². The summed E-state index contributed by atoms with van der Waals surface area (Å²) in [5.41, 5.74) is -0.595. The van der Waals surface area contributed by atoms with E-state index in [0.717, 1.165) is 12.8 Å². The summed E-state index contributed by atoms with van der Waals surface area (Å²) in [6.07, 6.45) is 2.73. The second-order valence-electron chi connectivity index (χ2n) is 4.80. The van der Waals surface area contributed by atoms with Gasteiger partial charge in [-0.05, 0) is 44.4 Å². The second-order valence-corrected chi connectivity index (χ2v) is 4.80. The number of carboxylic acids is 1. The van der Waals surface area contributed by atoms with Crippen LogP contribution in [0.4, 0.5) is 0 Å². The number of hydrogen-bond acceptors (Lipinski definition) is 2. The largest absolute Gasteiger partial charge is 0.481 e. The Hall–Kier alpha value is -0.570. The van der Waals surface area contributed by atoms with Crippen molar-refractivity contribution in [3.8, 4) is 0 Å². The molecule has 13 heavy (non-hydrogen) atoms. The summed E-state index contributed by atoms with van der Waals surface area (Å²) < 4.78 is 0. The maximum Gasteiger partial charge on any atom is 0.309 e. The van der Waals surface area contributed by atoms with Crippen molar-refractivity contribution >= 4 is 5.97 Å². The van der Waals surface area contributed by atoms with Gasteiger partial charge in [-0.2, -0.15) is 0 Å². The molecule has 0 radical (unpaired) electrons. The number of aliphatic hydroxyl groups is 1. The molecule has 2 N–H and O–H groups in total. The number of aliphatic hydroxyl groups excluding tert-OH is 1. The van der Waals surface area contributed by atoms with Gasteiger partial charge in [-0.3, -0.25) is 4.79 Å². The number of fused-ring (bicyclic) bond motifs is 1. The number of aliphatic carboxylic acids is 1. The Morgan fingerprint density at radius 3 is 2.46 bits per heavy atom. The van der Waals surface area contributed by atoms with Crippen LogP contribution < -0.4 is 0 Å². The fourth-order valence-electron chi connectivity index (χ4n) is 2.89. The maximum atomic E-state index is 11.1. The van der Waals surface area contributed by atoms with Crippen molar-refractivity contribution in [1.82, 2.24) is 0 Å². The fourth-order valence-corrected chi connectivity index (χ4v) is 2.89. The van der Waals surface area contributed by atoms with Crippen molar-refractivity contribution < 1.29 is 15.0 Å². The minimum atomic E-state index is -0.708. The van der Waals surface area contributed by atoms with Crippen LogP contribution in [0, 0.1) is 17.3 Å². The molecule has 0 aromatic heterocycles. The van der Waals surface area contributed by atoms with E-state index in [1.54, 1.807) is 6.92 Å². The molecule has 0 aromatic rings. The van der Waals surface area contributed by atoms with E-state index in [1.807, 2.05) is 0 Å². The molecule has 0 heterocycles. The third-order valence-corrected chi connectivity index (χ3v) is 3.51. The molecule has 2 fully saturated rings. The van der Waals surface area contributed by atoms with Gasteiger partial charge in [0.2, 0.25) is 0 Å². The predicted octanol–water partition coefficient (Wildman–Crippen LogP) is 1.26. The molecule has 0 spiro atoms. The first-order chi connectivity index (χ1) is 6.03. The smallest absolute Gasteiger partial charge is 0.309 e. The molecular formula is C10H16O3. The van der Waals surface area contributed by atoms with Gasteiger partial charge < -0.3 is 10.2 Å². The van der Waals surface area contributed by atoms with Crippen LogP contribution in [0.1, 0.15) is 32.6 Å². The minimum Gasteiger partial charge on any atom is -0.481 e. The standard InChI is InChI=1S/C10H16O3/c1-6(11)3-10(9(12)13)4-7-2-8(7)5-10/h6-8,11H,2-5H2,1H3,(H,12,13). The Labute approximate surface area is 77.8 Å². The average molecular weight is 184 g/mol. The molecule has 2 aliphatic carbocycles. The van der Waals surface area contributed by atoms with Gasteiger partial charge in [0.15, 0.2) is 0 Å². The SMILES string of the molecule is CC(O)CC1(C(=O)O)CC2CC2C1. The first kappa shape index (κ1) is 9.00. The van der Waals surface area contributed by atoms with Crippen LogP contribution in [0.3, 0.4) is 0 Å². The van der Waals surface area contributed by atoms with E-state index in [0.29, 0.717) is 18.3 Å². The highest BCUT2D eigenvalue weighted by Crippen LogP contribution is 2.61. The van der Waals surface area contributed by atoms with Crippen molar-refractivity contribution in [3.63, 3.8) is 0 Å². The minimum absolute atomic E-state index is 0.426. The van der Waals surface area contributed by atoms with Crippen molar-refractivity contribution in [2.24, 2.45) is 17.3 Å². The van der Waals surface area contributed by atoms with E-state index in [2.05, 4.69) is 0 Å². The lowest BCUT2D eigenvalue weighted by atomic mass is 9.78. The molecule has 2 aliphatic rings. The summed E-state index contributed by atoms with van der Waals surface area (Å²) in [6.45, 7) is 1.68. The summed E-state index contributed by atoms with van der Waals surface area (Å²) in [6, 6.07) is 0. The summed E-state index contributed by atoms with van der Waals surface area (Å²) >= 11 is 0. The second kappa shape index (κ2) is 2.71. The van der Waals surface area contributed by atoms with Crippen LogP contribution in [0.15, 0.2) is 0 Å². The zero-order valence-corrected chi connectivity index (χ0v) is 7.86. The Morgan fingerprint density at radius 1 is 1.54 bits per heavy atom. The molecule has 3 nitrogen and oxygen atoms in total. The van der Waals surface area contributed by atoms with Gasteiger partial charge in [0.25, 0.3) is 0 Å². The summed E-state index contributed by atoms with van der Waals surface area (Å²) in [7, 11) is 0. The van der Waals surface area contributed by atoms with Crippen LogP contribution in [-0.2, 0) is 4.79 Å². The zero-order chi connectivity index (χ0) is 9.64. The molecule has 3 heteroatoms. The highest BCUT2D eigenvalue weighted by Gasteiger charge is 2.57. The third-order valence-electron chi connectivity index (χ3n) is 3.51. The van der Waals surface area contributed by atoms with Gasteiger partial charge in [-0.15, -0.1) is 0 Å². The summed E-state index contributed by atoms with van der Waals surface area (Å²) in [4.78, 5) is 11.1. The zero-order valence-electron chi connectivity index (χ0n) is 7.86. The van der Waals surface area contributed by atoms with Gasteiger partial charge >= 0.3 is 5.97 Å². The lowest BCUT2D eigenvalue weighted by Gasteiger charge is -2.27. The molecule has 0 bridgehead atoms. The van der Waals surface area contributed by atoms with Gasteiger partial charge in [0.05, 0.1) is 11.5 Å². The first-order valence-corrected chi connectivity index (χ1v) is 4.95. The van der Waals surface area contributed by atoms with Crippen LogP contribution in [0.2, 0.25) is 0 Å². The molecule has 0 aliphatic heterocycles. The van der Waals surface area contributed by atoms with Gasteiger partial charge in [-0.25, -0.2) is 0 Å². The van der Waals surface area contributed by atoms with E-state index >= 15 is 0 Å². The highest BCUT2D eigenvalue weighted by molar-refractivity contribution is 5.75. The molecule has 0 amide bonds. The third kappa shape index (κ3) is 1.46. The fraction of sp³-hybridized carbons (Fsp3) is 0.900. The van der Waals surface area contributed by atoms with E-state index < -0.39 is 17.5 Å². The Morgan fingerprint density at radius 2 is 2.08 bits per heavy atom. The number of hydrogen-bond donors (Lipinski definition) is 2. The molecule has 2 saturated carbocycles. The molecule has 0 aromatic carbocycles. The molecule has 74 valence electrons. The van der Waals surface area contributed by atoms with Crippen LogP contribution in [0.5, 0.6) is 0 Å². The molecule has 3 unspecified atom stereocenters. The molecular weight excluding hydrogens is 168 g/mol. The highest BCUT2D eigenvalue weighted by atomic mass is 16.4. The monoisotopic (exact) mass is 184 g/mol. The van der Waals surface area contributed by atoms with Crippen molar-refractivity contribution in [1.29, 1.82) is 0 Å². The Kier molecular flexibility index (Phi) is 1.88.